The van der Waals surface area contributed by atoms with Crippen molar-refractivity contribution in [1.29, 1.82) is 0 Å². The van der Waals surface area contributed by atoms with Crippen LogP contribution in [-0.4, -0.2) is 11.2 Å². The minimum atomic E-state index is -0.349. The maximum Gasteiger partial charge on any atom is 0.0695 e. The van der Waals surface area contributed by atoms with Gasteiger partial charge in [-0.3, -0.25) is 0 Å². The number of aliphatic hydroxyl groups is 1. The molecule has 40 valence electrons. The van der Waals surface area contributed by atoms with Gasteiger partial charge in [0.15, 0.2) is 0 Å². The van der Waals surface area contributed by atoms with Crippen LogP contribution in [0.15, 0.2) is 24.8 Å². The second-order valence-corrected chi connectivity index (χ2v) is 1.36. The van der Waals surface area contributed by atoms with E-state index >= 15 is 0 Å². The normalized spacial score (nSPS) is 14.6. The fourth-order valence-electron chi connectivity index (χ4n) is 0.239. The molecular weight excluding hydrogens is 88.1 g/mol. The first kappa shape index (κ1) is 6.44. The van der Waals surface area contributed by atoms with Crippen molar-refractivity contribution in [2.24, 2.45) is 0 Å². The van der Waals surface area contributed by atoms with Crippen molar-refractivity contribution in [3.63, 3.8) is 0 Å². The molecule has 0 aromatic heterocycles. The predicted molar refractivity (Wildman–Crippen MR) is 31.0 cm³/mol. The van der Waals surface area contributed by atoms with Crippen LogP contribution in [0.4, 0.5) is 0 Å². The van der Waals surface area contributed by atoms with E-state index in [1.807, 2.05) is 0 Å². The van der Waals surface area contributed by atoms with Gasteiger partial charge in [-0.1, -0.05) is 24.8 Å². The molecule has 0 aliphatic heterocycles. The van der Waals surface area contributed by atoms with Crippen molar-refractivity contribution in [2.45, 2.75) is 13.0 Å². The lowest BCUT2D eigenvalue weighted by molar-refractivity contribution is 0.244. The zero-order chi connectivity index (χ0) is 5.70. The van der Waals surface area contributed by atoms with Crippen LogP contribution >= 0.6 is 0 Å². The first-order chi connectivity index (χ1) is 3.27. The molecule has 0 amide bonds. The van der Waals surface area contributed by atoms with Gasteiger partial charge in [-0.25, -0.2) is 0 Å². The highest BCUT2D eigenvalue weighted by molar-refractivity contribution is 4.99. The minimum Gasteiger partial charge on any atom is -0.389 e. The van der Waals surface area contributed by atoms with Crippen molar-refractivity contribution < 1.29 is 5.11 Å². The third-order valence-electron chi connectivity index (χ3n) is 0.526. The van der Waals surface area contributed by atoms with E-state index in [-0.39, 0.29) is 6.10 Å². The molecule has 0 rings (SSSR count). The molecule has 0 aliphatic carbocycles. The van der Waals surface area contributed by atoms with Crippen LogP contribution < -0.4 is 0 Å². The van der Waals surface area contributed by atoms with Gasteiger partial charge in [0.05, 0.1) is 6.10 Å². The molecule has 1 heteroatoms. The summed E-state index contributed by atoms with van der Waals surface area (Å²) in [5.74, 6) is 0. The lowest BCUT2D eigenvalue weighted by Gasteiger charge is -1.87. The highest BCUT2D eigenvalue weighted by Crippen LogP contribution is 1.80. The summed E-state index contributed by atoms with van der Waals surface area (Å²) in [6.07, 6.45) is 4.66. The van der Waals surface area contributed by atoms with Gasteiger partial charge in [-0.05, 0) is 6.92 Å². The molecule has 0 aromatic rings. The summed E-state index contributed by atoms with van der Waals surface area (Å²) in [5, 5.41) is 8.55. The highest BCUT2D eigenvalue weighted by Gasteiger charge is 1.78. The second-order valence-electron chi connectivity index (χ2n) is 1.36. The monoisotopic (exact) mass is 98.1 g/mol. The molecule has 0 saturated heterocycles. The SMILES string of the molecule is C=CC=C[C@H](C)O. The Morgan fingerprint density at radius 3 is 2.43 bits per heavy atom. The average molecular weight is 98.1 g/mol. The summed E-state index contributed by atoms with van der Waals surface area (Å²) < 4.78 is 0. The summed E-state index contributed by atoms with van der Waals surface area (Å²) in [6, 6.07) is 0. The first-order valence-corrected chi connectivity index (χ1v) is 2.24. The molecule has 0 bridgehead atoms. The summed E-state index contributed by atoms with van der Waals surface area (Å²) in [6.45, 7) is 5.13. The molecule has 1 atom stereocenters. The molecule has 0 saturated carbocycles. The maximum absolute atomic E-state index is 8.55. The molecule has 0 radical (unpaired) electrons. The molecule has 0 unspecified atom stereocenters. The average Bonchev–Trinajstić information content (AvgIpc) is 1.61. The van der Waals surface area contributed by atoms with Crippen LogP contribution in [0.3, 0.4) is 0 Å². The maximum atomic E-state index is 8.55. The van der Waals surface area contributed by atoms with Crippen LogP contribution in [0.1, 0.15) is 6.92 Å². The Hall–Kier alpha value is -0.560. The van der Waals surface area contributed by atoms with Gasteiger partial charge in [-0.15, -0.1) is 0 Å². The Bertz CT molecular complexity index is 72.2. The smallest absolute Gasteiger partial charge is 0.0695 e. The fraction of sp³-hybridized carbons (Fsp3) is 0.333. The van der Waals surface area contributed by atoms with Crippen molar-refractivity contribution in [3.05, 3.63) is 24.8 Å². The number of allylic oxidation sites excluding steroid dienone is 2. The number of rotatable bonds is 2. The first-order valence-electron chi connectivity index (χ1n) is 2.24. The zero-order valence-corrected chi connectivity index (χ0v) is 4.46. The number of hydrogen-bond acceptors (Lipinski definition) is 1. The fourth-order valence-corrected chi connectivity index (χ4v) is 0.239. The van der Waals surface area contributed by atoms with Gasteiger partial charge >= 0.3 is 0 Å². The van der Waals surface area contributed by atoms with Gasteiger partial charge < -0.3 is 5.11 Å². The third kappa shape index (κ3) is 5.44. The van der Waals surface area contributed by atoms with Crippen LogP contribution in [0.25, 0.3) is 0 Å². The van der Waals surface area contributed by atoms with Crippen LogP contribution in [0, 0.1) is 0 Å². The van der Waals surface area contributed by atoms with Gasteiger partial charge in [0.1, 0.15) is 0 Å². The molecule has 0 fully saturated rings. The van der Waals surface area contributed by atoms with Crippen LogP contribution in [0.2, 0.25) is 0 Å². The van der Waals surface area contributed by atoms with E-state index in [4.69, 9.17) is 5.11 Å². The quantitative estimate of drug-likeness (QED) is 0.513. The van der Waals surface area contributed by atoms with Gasteiger partial charge in [0.25, 0.3) is 0 Å². The van der Waals surface area contributed by atoms with E-state index < -0.39 is 0 Å². The number of aliphatic hydroxyl groups excluding tert-OH is 1. The van der Waals surface area contributed by atoms with E-state index in [0.717, 1.165) is 0 Å². The van der Waals surface area contributed by atoms with Crippen molar-refractivity contribution in [2.75, 3.05) is 0 Å². The van der Waals surface area contributed by atoms with E-state index in [1.165, 1.54) is 0 Å². The van der Waals surface area contributed by atoms with E-state index in [1.54, 1.807) is 25.2 Å². The Morgan fingerprint density at radius 1 is 1.71 bits per heavy atom. The van der Waals surface area contributed by atoms with Crippen molar-refractivity contribution in [1.82, 2.24) is 0 Å². The van der Waals surface area contributed by atoms with Crippen LogP contribution in [-0.2, 0) is 0 Å². The molecular formula is C6H10O. The van der Waals surface area contributed by atoms with E-state index in [2.05, 4.69) is 6.58 Å². The number of hydrogen-bond donors (Lipinski definition) is 1. The summed E-state index contributed by atoms with van der Waals surface area (Å²) in [4.78, 5) is 0. The Kier molecular flexibility index (Phi) is 3.33. The Labute approximate surface area is 44.0 Å². The van der Waals surface area contributed by atoms with Crippen LogP contribution in [0.5, 0.6) is 0 Å². The van der Waals surface area contributed by atoms with E-state index in [9.17, 15) is 0 Å². The summed E-state index contributed by atoms with van der Waals surface area (Å²) in [7, 11) is 0. The molecule has 1 nitrogen and oxygen atoms in total. The lowest BCUT2D eigenvalue weighted by Crippen LogP contribution is -1.90. The van der Waals surface area contributed by atoms with Gasteiger partial charge in [0.2, 0.25) is 0 Å². The standard InChI is InChI=1S/C6H10O/c1-3-4-5-6(2)7/h3-7H,1H2,2H3/t6-/m0/s1. The molecule has 1 N–H and O–H groups in total. The van der Waals surface area contributed by atoms with Gasteiger partial charge in [0, 0.05) is 0 Å². The second kappa shape index (κ2) is 3.62. The predicted octanol–water partition coefficient (Wildman–Crippen LogP) is 1.11. The zero-order valence-electron chi connectivity index (χ0n) is 4.46. The molecule has 0 aliphatic rings. The summed E-state index contributed by atoms with van der Waals surface area (Å²) >= 11 is 0. The third-order valence-corrected chi connectivity index (χ3v) is 0.526. The lowest BCUT2D eigenvalue weighted by atomic mass is 10.3. The molecule has 7 heavy (non-hydrogen) atoms. The topological polar surface area (TPSA) is 20.2 Å². The highest BCUT2D eigenvalue weighted by atomic mass is 16.3. The molecule has 0 aromatic carbocycles. The summed E-state index contributed by atoms with van der Waals surface area (Å²) in [5.41, 5.74) is 0. The molecule has 0 heterocycles. The molecule has 0 spiro atoms. The van der Waals surface area contributed by atoms with Crippen molar-refractivity contribution >= 4 is 0 Å². The van der Waals surface area contributed by atoms with Crippen molar-refractivity contribution in [3.8, 4) is 0 Å². The minimum absolute atomic E-state index is 0.349. The van der Waals surface area contributed by atoms with E-state index in [0.29, 0.717) is 0 Å². The largest absolute Gasteiger partial charge is 0.389 e. The Balaban J connectivity index is 3.25. The Morgan fingerprint density at radius 2 is 2.29 bits per heavy atom. The van der Waals surface area contributed by atoms with Gasteiger partial charge in [-0.2, -0.15) is 0 Å².